The van der Waals surface area contributed by atoms with E-state index in [0.717, 1.165) is 41.7 Å². The van der Waals surface area contributed by atoms with Crippen molar-refractivity contribution in [3.05, 3.63) is 16.1 Å². The lowest BCUT2D eigenvalue weighted by Gasteiger charge is -2.15. The third-order valence-electron chi connectivity index (χ3n) is 2.72. The minimum absolute atomic E-state index is 0.0145. The number of carbonyl (C=O) groups excluding carboxylic acids is 1. The Morgan fingerprint density at radius 2 is 2.35 bits per heavy atom. The molecule has 5 heteroatoms. The first-order chi connectivity index (χ1) is 8.19. The van der Waals surface area contributed by atoms with Crippen LogP contribution in [0.3, 0.4) is 0 Å². The normalized spacial score (nSPS) is 12.4. The maximum atomic E-state index is 11.9. The Morgan fingerprint density at radius 1 is 1.59 bits per heavy atom. The summed E-state index contributed by atoms with van der Waals surface area (Å²) in [4.78, 5) is 16.7. The molecule has 3 nitrogen and oxygen atoms in total. The number of halogens is 1. The zero-order valence-corrected chi connectivity index (χ0v) is 12.7. The SMILES string of the molecule is CCCC(CCBr)CNC(=O)c1scnc1C. The number of nitrogens with zero attached hydrogens (tertiary/aromatic N) is 1. The molecule has 17 heavy (non-hydrogen) atoms. The molecule has 1 aromatic heterocycles. The number of nitrogens with one attached hydrogen (secondary N) is 1. The van der Waals surface area contributed by atoms with Gasteiger partial charge in [0.05, 0.1) is 11.2 Å². The van der Waals surface area contributed by atoms with E-state index in [1.54, 1.807) is 5.51 Å². The Morgan fingerprint density at radius 3 is 2.88 bits per heavy atom. The third-order valence-corrected chi connectivity index (χ3v) is 4.10. The third kappa shape index (κ3) is 4.76. The van der Waals surface area contributed by atoms with Gasteiger partial charge in [0, 0.05) is 11.9 Å². The van der Waals surface area contributed by atoms with Crippen LogP contribution in [-0.2, 0) is 0 Å². The number of aryl methyl sites for hydroxylation is 1. The quantitative estimate of drug-likeness (QED) is 0.783. The average Bonchev–Trinajstić information content (AvgIpc) is 2.72. The summed E-state index contributed by atoms with van der Waals surface area (Å²) in [5.74, 6) is 0.581. The Balaban J connectivity index is 2.43. The highest BCUT2D eigenvalue weighted by molar-refractivity contribution is 9.09. The maximum absolute atomic E-state index is 11.9. The molecule has 96 valence electrons. The number of thiazole rings is 1. The van der Waals surface area contributed by atoms with E-state index in [1.807, 2.05) is 6.92 Å². The molecule has 0 aliphatic heterocycles. The lowest BCUT2D eigenvalue weighted by Crippen LogP contribution is -2.29. The molecule has 1 aromatic rings. The van der Waals surface area contributed by atoms with Crippen molar-refractivity contribution in [3.8, 4) is 0 Å². The number of alkyl halides is 1. The van der Waals surface area contributed by atoms with Crippen LogP contribution >= 0.6 is 27.3 Å². The van der Waals surface area contributed by atoms with Crippen LogP contribution in [0.5, 0.6) is 0 Å². The summed E-state index contributed by atoms with van der Waals surface area (Å²) < 4.78 is 0. The summed E-state index contributed by atoms with van der Waals surface area (Å²) in [7, 11) is 0. The van der Waals surface area contributed by atoms with Gasteiger partial charge in [-0.15, -0.1) is 11.3 Å². The lowest BCUT2D eigenvalue weighted by molar-refractivity contribution is 0.0949. The highest BCUT2D eigenvalue weighted by Crippen LogP contribution is 2.14. The molecule has 1 rings (SSSR count). The van der Waals surface area contributed by atoms with E-state index in [2.05, 4.69) is 33.2 Å². The molecule has 0 saturated carbocycles. The van der Waals surface area contributed by atoms with E-state index in [9.17, 15) is 4.79 Å². The Labute approximate surface area is 115 Å². The molecule has 1 amide bonds. The van der Waals surface area contributed by atoms with Crippen LogP contribution in [0.15, 0.2) is 5.51 Å². The van der Waals surface area contributed by atoms with Gasteiger partial charge in [0.1, 0.15) is 4.88 Å². The molecule has 0 radical (unpaired) electrons. The van der Waals surface area contributed by atoms with Gasteiger partial charge in [-0.05, 0) is 25.7 Å². The monoisotopic (exact) mass is 318 g/mol. The molecule has 1 heterocycles. The second-order valence-corrected chi connectivity index (χ2v) is 5.76. The number of aromatic nitrogens is 1. The first-order valence-electron chi connectivity index (χ1n) is 5.93. The number of amides is 1. The molecule has 1 N–H and O–H groups in total. The minimum Gasteiger partial charge on any atom is -0.351 e. The predicted octanol–water partition coefficient (Wildman–Crippen LogP) is 3.38. The molecule has 1 unspecified atom stereocenters. The highest BCUT2D eigenvalue weighted by Gasteiger charge is 2.13. The topological polar surface area (TPSA) is 42.0 Å². The number of rotatable bonds is 7. The van der Waals surface area contributed by atoms with Gasteiger partial charge < -0.3 is 5.32 Å². The van der Waals surface area contributed by atoms with E-state index in [4.69, 9.17) is 0 Å². The standard InChI is InChI=1S/C12H19BrN2OS/c1-3-4-10(5-6-13)7-14-12(16)11-9(2)15-8-17-11/h8,10H,3-7H2,1-2H3,(H,14,16). The first-order valence-corrected chi connectivity index (χ1v) is 7.93. The molecule has 0 bridgehead atoms. The zero-order valence-electron chi connectivity index (χ0n) is 10.3. The van der Waals surface area contributed by atoms with Gasteiger partial charge in [-0.1, -0.05) is 29.3 Å². The second kappa shape index (κ2) is 7.82. The first kappa shape index (κ1) is 14.6. The number of carbonyl (C=O) groups is 1. The van der Waals surface area contributed by atoms with Crippen LogP contribution in [0.25, 0.3) is 0 Å². The summed E-state index contributed by atoms with van der Waals surface area (Å²) in [5.41, 5.74) is 2.53. The molecule has 0 fully saturated rings. The van der Waals surface area contributed by atoms with Crippen molar-refractivity contribution in [2.45, 2.75) is 33.1 Å². The zero-order chi connectivity index (χ0) is 12.7. The van der Waals surface area contributed by atoms with Crippen molar-refractivity contribution < 1.29 is 4.79 Å². The van der Waals surface area contributed by atoms with Gasteiger partial charge in [0.15, 0.2) is 0 Å². The second-order valence-electron chi connectivity index (χ2n) is 4.11. The lowest BCUT2D eigenvalue weighted by atomic mass is 10.0. The summed E-state index contributed by atoms with van der Waals surface area (Å²) >= 11 is 4.86. The van der Waals surface area contributed by atoms with Gasteiger partial charge in [0.25, 0.3) is 5.91 Å². The Hall–Kier alpha value is -0.420. The maximum Gasteiger partial charge on any atom is 0.263 e. The van der Waals surface area contributed by atoms with Crippen LogP contribution in [0.1, 0.15) is 41.6 Å². The van der Waals surface area contributed by atoms with Crippen LogP contribution in [0, 0.1) is 12.8 Å². The van der Waals surface area contributed by atoms with Gasteiger partial charge in [-0.3, -0.25) is 4.79 Å². The van der Waals surface area contributed by atoms with Crippen LogP contribution in [-0.4, -0.2) is 22.8 Å². The van der Waals surface area contributed by atoms with Crippen LogP contribution in [0.4, 0.5) is 0 Å². The van der Waals surface area contributed by atoms with Crippen LogP contribution in [0.2, 0.25) is 0 Å². The van der Waals surface area contributed by atoms with Gasteiger partial charge >= 0.3 is 0 Å². The highest BCUT2D eigenvalue weighted by atomic mass is 79.9. The fraction of sp³-hybridized carbons (Fsp3) is 0.667. The summed E-state index contributed by atoms with van der Waals surface area (Å²) in [6, 6.07) is 0. The molecular weight excluding hydrogens is 300 g/mol. The van der Waals surface area contributed by atoms with E-state index in [0.29, 0.717) is 5.92 Å². The Kier molecular flexibility index (Phi) is 6.73. The predicted molar refractivity (Wildman–Crippen MR) is 76.0 cm³/mol. The van der Waals surface area contributed by atoms with Crippen molar-refractivity contribution >= 4 is 33.2 Å². The van der Waals surface area contributed by atoms with Gasteiger partial charge in [-0.25, -0.2) is 4.98 Å². The number of hydrogen-bond donors (Lipinski definition) is 1. The summed E-state index contributed by atoms with van der Waals surface area (Å²) in [6.07, 6.45) is 3.43. The van der Waals surface area contributed by atoms with E-state index in [-0.39, 0.29) is 5.91 Å². The average molecular weight is 319 g/mol. The molecule has 0 spiro atoms. The van der Waals surface area contributed by atoms with Crippen molar-refractivity contribution in [1.29, 1.82) is 0 Å². The van der Waals surface area contributed by atoms with E-state index in [1.165, 1.54) is 11.3 Å². The molecular formula is C12H19BrN2OS. The largest absolute Gasteiger partial charge is 0.351 e. The van der Waals surface area contributed by atoms with Gasteiger partial charge in [0.2, 0.25) is 0 Å². The van der Waals surface area contributed by atoms with Crippen molar-refractivity contribution in [1.82, 2.24) is 10.3 Å². The molecule has 0 aliphatic carbocycles. The summed E-state index contributed by atoms with van der Waals surface area (Å²) in [5, 5.41) is 4.00. The number of hydrogen-bond acceptors (Lipinski definition) is 3. The fourth-order valence-corrected chi connectivity index (χ4v) is 3.11. The van der Waals surface area contributed by atoms with E-state index >= 15 is 0 Å². The van der Waals surface area contributed by atoms with E-state index < -0.39 is 0 Å². The minimum atomic E-state index is 0.0145. The van der Waals surface area contributed by atoms with Crippen molar-refractivity contribution in [2.24, 2.45) is 5.92 Å². The molecule has 0 saturated heterocycles. The Bertz CT molecular complexity index is 348. The van der Waals surface area contributed by atoms with Crippen molar-refractivity contribution in [2.75, 3.05) is 11.9 Å². The molecule has 0 aliphatic rings. The van der Waals surface area contributed by atoms with Gasteiger partial charge in [-0.2, -0.15) is 0 Å². The van der Waals surface area contributed by atoms with Crippen molar-refractivity contribution in [3.63, 3.8) is 0 Å². The smallest absolute Gasteiger partial charge is 0.263 e. The fourth-order valence-electron chi connectivity index (χ4n) is 1.75. The van der Waals surface area contributed by atoms with Crippen LogP contribution < -0.4 is 5.32 Å². The summed E-state index contributed by atoms with van der Waals surface area (Å²) in [6.45, 7) is 4.80. The molecule has 0 aromatic carbocycles. The molecule has 1 atom stereocenters.